The van der Waals surface area contributed by atoms with Crippen molar-refractivity contribution in [2.75, 3.05) is 11.1 Å². The lowest BCUT2D eigenvalue weighted by Crippen LogP contribution is -2.16. The monoisotopic (exact) mass is 527 g/mol. The standard InChI is InChI=1S/C23H14ClN3O6S2/c24-13-3-1-12(2-4-13)19(28)11-34-23-26-18-8-5-14(9-20(18)35-23)25-21(29)16-7-6-15(27(32)33)10-17(16)22(30)31/h1-10H,11H2,(H,25,29)(H,30,31). The van der Waals surface area contributed by atoms with Crippen LogP contribution in [-0.4, -0.2) is 38.4 Å². The number of nitrogens with one attached hydrogen (secondary N) is 1. The molecule has 0 aliphatic rings. The van der Waals surface area contributed by atoms with Crippen molar-refractivity contribution >= 4 is 74.0 Å². The third-order valence-corrected chi connectivity index (χ3v) is 7.22. The Hall–Kier alpha value is -3.80. The summed E-state index contributed by atoms with van der Waals surface area (Å²) in [6.07, 6.45) is 0. The number of aromatic nitrogens is 1. The fourth-order valence-corrected chi connectivity index (χ4v) is 5.24. The number of carbonyl (C=O) groups is 3. The molecule has 4 aromatic rings. The summed E-state index contributed by atoms with van der Waals surface area (Å²) in [6, 6.07) is 14.7. The van der Waals surface area contributed by atoms with E-state index in [1.807, 2.05) is 0 Å². The van der Waals surface area contributed by atoms with E-state index in [0.717, 1.165) is 22.9 Å². The van der Waals surface area contributed by atoms with Gasteiger partial charge in [0.15, 0.2) is 10.1 Å². The van der Waals surface area contributed by atoms with Gasteiger partial charge in [0, 0.05) is 28.4 Å². The number of aromatic carboxylic acids is 1. The van der Waals surface area contributed by atoms with Gasteiger partial charge in [0.2, 0.25) is 0 Å². The van der Waals surface area contributed by atoms with Gasteiger partial charge < -0.3 is 10.4 Å². The maximum absolute atomic E-state index is 12.7. The van der Waals surface area contributed by atoms with Crippen LogP contribution in [0.2, 0.25) is 5.02 Å². The molecule has 0 fully saturated rings. The minimum Gasteiger partial charge on any atom is -0.478 e. The molecule has 0 spiro atoms. The first-order valence-electron chi connectivity index (χ1n) is 9.86. The van der Waals surface area contributed by atoms with Crippen molar-refractivity contribution in [2.45, 2.75) is 4.34 Å². The van der Waals surface area contributed by atoms with Gasteiger partial charge in [-0.3, -0.25) is 19.7 Å². The molecule has 0 unspecified atom stereocenters. The van der Waals surface area contributed by atoms with E-state index in [9.17, 15) is 29.6 Å². The average Bonchev–Trinajstić information content (AvgIpc) is 3.24. The molecule has 0 aliphatic heterocycles. The van der Waals surface area contributed by atoms with Crippen LogP contribution in [0, 0.1) is 10.1 Å². The van der Waals surface area contributed by atoms with Crippen LogP contribution >= 0.6 is 34.7 Å². The first-order chi connectivity index (χ1) is 16.7. The van der Waals surface area contributed by atoms with Crippen molar-refractivity contribution in [2.24, 2.45) is 0 Å². The number of Topliss-reactive ketones (excluding diaryl/α,β-unsaturated/α-hetero) is 1. The number of halogens is 1. The first-order valence-corrected chi connectivity index (χ1v) is 12.0. The molecule has 3 aromatic carbocycles. The maximum atomic E-state index is 12.7. The van der Waals surface area contributed by atoms with Crippen LogP contribution in [0.25, 0.3) is 10.2 Å². The molecule has 0 bridgehead atoms. The fraction of sp³-hybridized carbons (Fsp3) is 0.0435. The second kappa shape index (κ2) is 10.2. The predicted octanol–water partition coefficient (Wildman–Crippen LogP) is 5.78. The zero-order valence-electron chi connectivity index (χ0n) is 17.6. The molecule has 0 radical (unpaired) electrons. The van der Waals surface area contributed by atoms with E-state index < -0.39 is 28.1 Å². The number of carbonyl (C=O) groups excluding carboxylic acids is 2. The number of carboxylic acids is 1. The van der Waals surface area contributed by atoms with Gasteiger partial charge in [0.05, 0.1) is 32.0 Å². The summed E-state index contributed by atoms with van der Waals surface area (Å²) in [7, 11) is 0. The molecule has 0 saturated heterocycles. The highest BCUT2D eigenvalue weighted by Gasteiger charge is 2.21. The average molecular weight is 528 g/mol. The Labute approximate surface area is 210 Å². The number of benzene rings is 3. The second-order valence-corrected chi connectivity index (χ2v) is 9.82. The van der Waals surface area contributed by atoms with Crippen molar-refractivity contribution < 1.29 is 24.4 Å². The summed E-state index contributed by atoms with van der Waals surface area (Å²) in [6.45, 7) is 0. The summed E-state index contributed by atoms with van der Waals surface area (Å²) in [5, 5.41) is 23.5. The first kappa shape index (κ1) is 24.3. The molecule has 1 heterocycles. The number of carboxylic acid groups (broad SMARTS) is 1. The third-order valence-electron chi connectivity index (χ3n) is 4.81. The topological polar surface area (TPSA) is 140 Å². The van der Waals surface area contributed by atoms with Gasteiger partial charge in [0.1, 0.15) is 0 Å². The highest BCUT2D eigenvalue weighted by molar-refractivity contribution is 8.01. The Balaban J connectivity index is 1.48. The van der Waals surface area contributed by atoms with Crippen LogP contribution in [0.15, 0.2) is 65.0 Å². The molecule has 4 rings (SSSR count). The highest BCUT2D eigenvalue weighted by atomic mass is 35.5. The van der Waals surface area contributed by atoms with Gasteiger partial charge in [-0.05, 0) is 48.5 Å². The van der Waals surface area contributed by atoms with E-state index in [0.29, 0.717) is 26.1 Å². The number of non-ortho nitro benzene ring substituents is 1. The quantitative estimate of drug-likeness (QED) is 0.127. The van der Waals surface area contributed by atoms with Gasteiger partial charge in [-0.1, -0.05) is 23.4 Å². The number of hydrogen-bond acceptors (Lipinski definition) is 8. The number of nitro groups is 1. The highest BCUT2D eigenvalue weighted by Crippen LogP contribution is 2.32. The Morgan fingerprint density at radius 3 is 2.49 bits per heavy atom. The molecular weight excluding hydrogens is 514 g/mol. The number of hydrogen-bond donors (Lipinski definition) is 2. The number of ketones is 1. The minimum absolute atomic E-state index is 0.0591. The minimum atomic E-state index is -1.45. The van der Waals surface area contributed by atoms with Crippen molar-refractivity contribution in [1.82, 2.24) is 4.98 Å². The smallest absolute Gasteiger partial charge is 0.336 e. The predicted molar refractivity (Wildman–Crippen MR) is 134 cm³/mol. The second-order valence-electron chi connectivity index (χ2n) is 7.13. The molecule has 1 aromatic heterocycles. The van der Waals surface area contributed by atoms with Gasteiger partial charge in [0.25, 0.3) is 11.6 Å². The Morgan fingerprint density at radius 1 is 1.06 bits per heavy atom. The third kappa shape index (κ3) is 5.65. The number of nitrogens with zero attached hydrogens (tertiary/aromatic N) is 2. The summed E-state index contributed by atoms with van der Waals surface area (Å²) in [5.41, 5.74) is 0.527. The number of fused-ring (bicyclic) bond motifs is 1. The van der Waals surface area contributed by atoms with E-state index in [4.69, 9.17) is 11.6 Å². The van der Waals surface area contributed by atoms with Crippen molar-refractivity contribution in [3.63, 3.8) is 0 Å². The number of nitro benzene ring substituents is 1. The van der Waals surface area contributed by atoms with Crippen LogP contribution in [-0.2, 0) is 0 Å². The molecule has 0 aliphatic carbocycles. The molecule has 1 amide bonds. The molecule has 0 atom stereocenters. The molecule has 2 N–H and O–H groups in total. The number of thiazole rings is 1. The summed E-state index contributed by atoms with van der Waals surface area (Å²) >= 11 is 8.49. The van der Waals surface area contributed by atoms with Crippen LogP contribution < -0.4 is 5.32 Å². The molecule has 9 nitrogen and oxygen atoms in total. The Kier molecular flexibility index (Phi) is 7.10. The van der Waals surface area contributed by atoms with Crippen molar-refractivity contribution in [3.05, 3.63) is 92.5 Å². The van der Waals surface area contributed by atoms with Crippen LogP contribution in [0.5, 0.6) is 0 Å². The van der Waals surface area contributed by atoms with E-state index in [2.05, 4.69) is 10.3 Å². The molecular formula is C23H14ClN3O6S2. The molecule has 0 saturated carbocycles. The van der Waals surface area contributed by atoms with Gasteiger partial charge in [-0.2, -0.15) is 0 Å². The Bertz CT molecular complexity index is 1490. The van der Waals surface area contributed by atoms with Gasteiger partial charge in [-0.25, -0.2) is 9.78 Å². The SMILES string of the molecule is O=C(CSc1nc2ccc(NC(=O)c3ccc([N+](=O)[O-])cc3C(=O)O)cc2s1)c1ccc(Cl)cc1. The lowest BCUT2D eigenvalue weighted by Gasteiger charge is -2.08. The van der Waals surface area contributed by atoms with Crippen LogP contribution in [0.3, 0.4) is 0 Å². The molecule has 35 heavy (non-hydrogen) atoms. The summed E-state index contributed by atoms with van der Waals surface area (Å²) < 4.78 is 1.43. The van der Waals surface area contributed by atoms with E-state index >= 15 is 0 Å². The number of rotatable bonds is 8. The number of thioether (sulfide) groups is 1. The zero-order chi connectivity index (χ0) is 25.1. The molecule has 176 valence electrons. The number of amides is 1. The lowest BCUT2D eigenvalue weighted by molar-refractivity contribution is -0.384. The Morgan fingerprint density at radius 2 is 1.80 bits per heavy atom. The van der Waals surface area contributed by atoms with E-state index in [1.54, 1.807) is 42.5 Å². The molecule has 12 heteroatoms. The zero-order valence-corrected chi connectivity index (χ0v) is 19.9. The van der Waals surface area contributed by atoms with Crippen LogP contribution in [0.1, 0.15) is 31.1 Å². The fourth-order valence-electron chi connectivity index (χ4n) is 3.11. The maximum Gasteiger partial charge on any atom is 0.336 e. The van der Waals surface area contributed by atoms with Gasteiger partial charge in [-0.15, -0.1) is 11.3 Å². The van der Waals surface area contributed by atoms with E-state index in [-0.39, 0.29) is 17.1 Å². The normalized spacial score (nSPS) is 10.8. The van der Waals surface area contributed by atoms with Crippen molar-refractivity contribution in [1.29, 1.82) is 0 Å². The summed E-state index contributed by atoms with van der Waals surface area (Å²) in [4.78, 5) is 51.2. The largest absolute Gasteiger partial charge is 0.478 e. The number of anilines is 1. The lowest BCUT2D eigenvalue weighted by atomic mass is 10.1. The van der Waals surface area contributed by atoms with E-state index in [1.165, 1.54) is 23.1 Å². The van der Waals surface area contributed by atoms with Crippen molar-refractivity contribution in [3.8, 4) is 0 Å². The van der Waals surface area contributed by atoms with Crippen LogP contribution in [0.4, 0.5) is 11.4 Å². The van der Waals surface area contributed by atoms with Gasteiger partial charge >= 0.3 is 5.97 Å². The summed E-state index contributed by atoms with van der Waals surface area (Å²) in [5.74, 6) is -2.03.